The van der Waals surface area contributed by atoms with E-state index < -0.39 is 0 Å². The lowest BCUT2D eigenvalue weighted by Crippen LogP contribution is -2.04. The Balaban J connectivity index is 0.000000108. The third-order valence-electron chi connectivity index (χ3n) is 28.8. The standard InChI is InChI=1S/3C45H29N5/c1-4-14-30(15-5-1)38-29-39(31-16-6-2-7-17-31)48-45(47-38)50-41-26-25-32(28-37(41)35-22-13-27-46-44(35)50)34-21-12-24-42-43(34)36-20-10-11-23-40(36)49(42)33-18-8-3-9-19-33;1-4-14-30(15-5-1)38-29-42(48-44(47-38)31-16-6-2-7-17-31)50-40-26-25-32(28-37(40)35-22-13-27-46-45(35)50)34-21-12-24-41-43(34)36-20-10-11-23-39(36)49(41)33-18-8-3-9-19-33;1-4-14-30(15-5-1)43-41(29-47-44(48-43)31-16-6-2-7-17-31)50-39-26-25-32(28-37(39)35-22-13-27-46-45(35)50)34-21-12-24-40-42(34)36-20-10-11-23-38(36)49(40)33-18-8-3-9-19-33/h3*1-29H. The van der Waals surface area contributed by atoms with Crippen LogP contribution < -0.4 is 0 Å². The summed E-state index contributed by atoms with van der Waals surface area (Å²) in [7, 11) is 0. The van der Waals surface area contributed by atoms with Crippen molar-refractivity contribution in [1.82, 2.24) is 72.3 Å². The number of rotatable bonds is 15. The molecule has 0 fully saturated rings. The maximum Gasteiger partial charge on any atom is 0.237 e. The molecule has 15 heteroatoms. The third kappa shape index (κ3) is 15.1. The van der Waals surface area contributed by atoms with Gasteiger partial charge in [-0.1, -0.05) is 346 Å². The molecule has 150 heavy (non-hydrogen) atoms. The lowest BCUT2D eigenvalue weighted by molar-refractivity contribution is 0.982. The van der Waals surface area contributed by atoms with Crippen LogP contribution in [0.3, 0.4) is 0 Å². The Morgan fingerprint density at radius 2 is 0.473 bits per heavy atom. The number of benzene rings is 18. The minimum Gasteiger partial charge on any atom is -0.309 e. The zero-order valence-corrected chi connectivity index (χ0v) is 80.9. The highest BCUT2D eigenvalue weighted by molar-refractivity contribution is 6.21. The van der Waals surface area contributed by atoms with Gasteiger partial charge in [-0.15, -0.1) is 0 Å². The molecule has 18 aromatic carbocycles. The van der Waals surface area contributed by atoms with Crippen LogP contribution in [-0.2, 0) is 0 Å². The van der Waals surface area contributed by atoms with Crippen molar-refractivity contribution in [3.05, 3.63) is 528 Å². The summed E-state index contributed by atoms with van der Waals surface area (Å²) in [6.45, 7) is 0. The Labute approximate surface area is 861 Å². The molecule has 0 aliphatic heterocycles. The van der Waals surface area contributed by atoms with E-state index in [1.54, 1.807) is 0 Å². The fourth-order valence-corrected chi connectivity index (χ4v) is 22.2. The van der Waals surface area contributed by atoms with E-state index in [1.807, 2.05) is 152 Å². The molecule has 0 atom stereocenters. The summed E-state index contributed by atoms with van der Waals surface area (Å²) >= 11 is 0. The lowest BCUT2D eigenvalue weighted by atomic mass is 9.98. The van der Waals surface area contributed by atoms with Crippen LogP contribution >= 0.6 is 0 Å². The molecule has 15 nitrogen and oxygen atoms in total. The molecule has 0 saturated carbocycles. The normalized spacial score (nSPS) is 11.6. The molecule has 0 spiro atoms. The van der Waals surface area contributed by atoms with E-state index >= 15 is 0 Å². The zero-order chi connectivity index (χ0) is 99.1. The van der Waals surface area contributed by atoms with E-state index in [0.29, 0.717) is 17.6 Å². The minimum absolute atomic E-state index is 0.588. The van der Waals surface area contributed by atoms with E-state index in [2.05, 4.69) is 404 Å². The molecule has 30 aromatic rings. The van der Waals surface area contributed by atoms with Crippen LogP contribution in [0, 0.1) is 0 Å². The van der Waals surface area contributed by atoms with E-state index in [4.69, 9.17) is 44.9 Å². The molecule has 12 heterocycles. The second kappa shape index (κ2) is 37.0. The second-order valence-electron chi connectivity index (χ2n) is 37.5. The fraction of sp³-hybridized carbons (Fsp3) is 0. The largest absolute Gasteiger partial charge is 0.309 e. The SMILES string of the molecule is c1ccc(-c2cc(-c3ccccc3)nc(-n3c4ccc(-c5cccc6c5c5ccccc5n6-c5ccccc5)cc4c4cccnc43)n2)cc1.c1ccc(-c2cc(-n3c4ccc(-c5cccc6c5c5ccccc5n6-c5ccccc5)cc4c4cccnc43)nc(-c3ccccc3)n2)cc1.c1ccc(-c2ncc(-n3c4ccc(-c5cccc6c5c5ccccc5n6-c5ccccc5)cc4c4cccnc43)c(-c3ccccc3)n2)cc1. The van der Waals surface area contributed by atoms with Crippen molar-refractivity contribution < 1.29 is 0 Å². The number of para-hydroxylation sites is 6. The average molecular weight is 1920 g/mol. The molecule has 0 bridgehead atoms. The topological polar surface area (TPSA) is 146 Å². The van der Waals surface area contributed by atoms with Crippen molar-refractivity contribution >= 4 is 131 Å². The second-order valence-corrected chi connectivity index (χ2v) is 37.5. The van der Waals surface area contributed by atoms with Crippen LogP contribution in [0.1, 0.15) is 0 Å². The van der Waals surface area contributed by atoms with E-state index in [-0.39, 0.29) is 0 Å². The molecule has 0 aliphatic rings. The highest BCUT2D eigenvalue weighted by Crippen LogP contribution is 2.48. The number of aromatic nitrogens is 15. The van der Waals surface area contributed by atoms with E-state index in [1.165, 1.54) is 82.1 Å². The van der Waals surface area contributed by atoms with E-state index in [9.17, 15) is 0 Å². The quantitative estimate of drug-likeness (QED) is 0.0979. The summed E-state index contributed by atoms with van der Waals surface area (Å²) in [5.74, 6) is 2.72. The first kappa shape index (κ1) is 87.3. The van der Waals surface area contributed by atoms with Gasteiger partial charge in [0.05, 0.1) is 84.3 Å². The van der Waals surface area contributed by atoms with Gasteiger partial charge in [0.2, 0.25) is 5.95 Å². The van der Waals surface area contributed by atoms with E-state index in [0.717, 1.165) is 167 Å². The number of pyridine rings is 3. The van der Waals surface area contributed by atoms with Gasteiger partial charge in [-0.25, -0.2) is 44.9 Å². The summed E-state index contributed by atoms with van der Waals surface area (Å²) in [6, 6.07) is 176. The Morgan fingerprint density at radius 1 is 0.167 bits per heavy atom. The van der Waals surface area contributed by atoms with Crippen molar-refractivity contribution in [3.63, 3.8) is 0 Å². The predicted octanol–water partition coefficient (Wildman–Crippen LogP) is 33.2. The van der Waals surface area contributed by atoms with Gasteiger partial charge in [0.1, 0.15) is 22.8 Å². The Morgan fingerprint density at radius 3 is 0.873 bits per heavy atom. The number of hydrogen-bond donors (Lipinski definition) is 0. The molecule has 30 rings (SSSR count). The zero-order valence-electron chi connectivity index (χ0n) is 80.9. The molecule has 0 amide bonds. The Kier molecular flexibility index (Phi) is 21.5. The number of fused-ring (bicyclic) bond motifs is 18. The van der Waals surface area contributed by atoms with Crippen molar-refractivity contribution in [1.29, 1.82) is 0 Å². The predicted molar refractivity (Wildman–Crippen MR) is 614 cm³/mol. The van der Waals surface area contributed by atoms with Crippen molar-refractivity contribution in [3.8, 4) is 136 Å². The summed E-state index contributed by atoms with van der Waals surface area (Å²) in [5.41, 5.74) is 33.6. The Hall–Kier alpha value is -20.6. The molecule has 12 aromatic heterocycles. The van der Waals surface area contributed by atoms with Gasteiger partial charge in [0, 0.05) is 140 Å². The molecule has 702 valence electrons. The molecule has 0 aliphatic carbocycles. The average Bonchev–Trinajstić information content (AvgIpc) is 1.57. The third-order valence-corrected chi connectivity index (χ3v) is 28.8. The molecule has 0 unspecified atom stereocenters. The lowest BCUT2D eigenvalue weighted by Gasteiger charge is -2.14. The Bertz CT molecular complexity index is 9940. The maximum atomic E-state index is 5.18. The molecule has 0 saturated heterocycles. The molecular formula is C135H87N15. The smallest absolute Gasteiger partial charge is 0.237 e. The molecular weight excluding hydrogens is 1830 g/mol. The summed E-state index contributed by atoms with van der Waals surface area (Å²) in [4.78, 5) is 45.4. The van der Waals surface area contributed by atoms with Gasteiger partial charge in [-0.05, 0) is 185 Å². The van der Waals surface area contributed by atoms with Gasteiger partial charge < -0.3 is 13.7 Å². The van der Waals surface area contributed by atoms with Gasteiger partial charge in [0.15, 0.2) is 11.6 Å². The monoisotopic (exact) mass is 1920 g/mol. The van der Waals surface area contributed by atoms with Crippen LogP contribution in [0.2, 0.25) is 0 Å². The minimum atomic E-state index is 0.588. The van der Waals surface area contributed by atoms with Gasteiger partial charge in [-0.2, -0.15) is 0 Å². The van der Waals surface area contributed by atoms with Crippen LogP contribution in [0.25, 0.3) is 267 Å². The summed E-state index contributed by atoms with van der Waals surface area (Å²) < 4.78 is 13.6. The van der Waals surface area contributed by atoms with Crippen molar-refractivity contribution in [2.24, 2.45) is 0 Å². The molecule has 0 radical (unpaired) electrons. The van der Waals surface area contributed by atoms with Crippen LogP contribution in [0.5, 0.6) is 0 Å². The van der Waals surface area contributed by atoms with Crippen LogP contribution in [0.15, 0.2) is 528 Å². The van der Waals surface area contributed by atoms with Gasteiger partial charge in [0.25, 0.3) is 0 Å². The van der Waals surface area contributed by atoms with Crippen LogP contribution in [0.4, 0.5) is 0 Å². The fourth-order valence-electron chi connectivity index (χ4n) is 22.2. The molecule has 0 N–H and O–H groups in total. The van der Waals surface area contributed by atoms with Gasteiger partial charge >= 0.3 is 0 Å². The highest BCUT2D eigenvalue weighted by atomic mass is 15.2. The summed E-state index contributed by atoms with van der Waals surface area (Å²) in [5, 5.41) is 14.0. The summed E-state index contributed by atoms with van der Waals surface area (Å²) in [6.07, 6.45) is 7.50. The number of nitrogens with zero attached hydrogens (tertiary/aromatic N) is 15. The highest BCUT2D eigenvalue weighted by Gasteiger charge is 2.28. The van der Waals surface area contributed by atoms with Crippen molar-refractivity contribution in [2.75, 3.05) is 0 Å². The first-order chi connectivity index (χ1) is 74.5. The first-order valence-corrected chi connectivity index (χ1v) is 50.4. The van der Waals surface area contributed by atoms with Gasteiger partial charge in [-0.3, -0.25) is 13.7 Å². The first-order valence-electron chi connectivity index (χ1n) is 50.4. The van der Waals surface area contributed by atoms with Crippen molar-refractivity contribution in [2.45, 2.75) is 0 Å². The number of hydrogen-bond acceptors (Lipinski definition) is 9. The maximum absolute atomic E-state index is 5.18. The van der Waals surface area contributed by atoms with Crippen LogP contribution in [-0.4, -0.2) is 72.3 Å².